The maximum absolute atomic E-state index is 13.5. The molecule has 2 atom stereocenters. The van der Waals surface area contributed by atoms with Crippen LogP contribution in [0.15, 0.2) is 42.5 Å². The third kappa shape index (κ3) is 6.19. The van der Waals surface area contributed by atoms with Crippen LogP contribution in [0, 0.1) is 5.82 Å². The Kier molecular flexibility index (Phi) is 9.45. The molecule has 0 radical (unpaired) electrons. The first-order chi connectivity index (χ1) is 14.7. The van der Waals surface area contributed by atoms with Gasteiger partial charge in [-0.3, -0.25) is 0 Å². The number of rotatable bonds is 8. The van der Waals surface area contributed by atoms with E-state index in [0.29, 0.717) is 16.4 Å². The van der Waals surface area contributed by atoms with Crippen molar-refractivity contribution in [3.63, 3.8) is 0 Å². The second-order valence-corrected chi connectivity index (χ2v) is 8.07. The number of hydrogen-bond donors (Lipinski definition) is 2. The van der Waals surface area contributed by atoms with Crippen LogP contribution < -0.4 is 34.7 Å². The first-order valence-electron chi connectivity index (χ1n) is 9.88. The number of carbonyl (C=O) groups excluding carboxylic acids is 1. The van der Waals surface area contributed by atoms with E-state index >= 15 is 0 Å². The van der Waals surface area contributed by atoms with E-state index in [-0.39, 0.29) is 47.7 Å². The summed E-state index contributed by atoms with van der Waals surface area (Å²) in [6.45, 7) is 4.03. The van der Waals surface area contributed by atoms with Crippen LogP contribution in [0.5, 0.6) is 0 Å². The van der Waals surface area contributed by atoms with Gasteiger partial charge in [-0.2, -0.15) is 5.10 Å². The monoisotopic (exact) mass is 468 g/mol. The van der Waals surface area contributed by atoms with Gasteiger partial charge in [0, 0.05) is 29.9 Å². The summed E-state index contributed by atoms with van der Waals surface area (Å²) < 4.78 is 15.1. The minimum Gasteiger partial charge on any atom is -0.550 e. The summed E-state index contributed by atoms with van der Waals surface area (Å²) in [7, 11) is 0. The summed E-state index contributed by atoms with van der Waals surface area (Å²) in [4.78, 5) is 10.6. The number of carboxylic acids is 1. The van der Waals surface area contributed by atoms with Gasteiger partial charge in [-0.05, 0) is 47.9 Å². The molecule has 6 nitrogen and oxygen atoms in total. The summed E-state index contributed by atoms with van der Waals surface area (Å²) in [5, 5.41) is 35.7. The third-order valence-corrected chi connectivity index (χ3v) is 5.21. The Morgan fingerprint density at radius 2 is 1.88 bits per heavy atom. The summed E-state index contributed by atoms with van der Waals surface area (Å²) in [5.74, 6) is -1.69. The number of fused-ring (bicyclic) bond motifs is 1. The average Bonchev–Trinajstić information content (AvgIpc) is 3.05. The Morgan fingerprint density at radius 1 is 1.22 bits per heavy atom. The molecule has 0 fully saturated rings. The summed E-state index contributed by atoms with van der Waals surface area (Å²) >= 11 is 6.31. The molecular formula is C23H23ClFN2NaO4. The van der Waals surface area contributed by atoms with Crippen molar-refractivity contribution in [2.45, 2.75) is 44.8 Å². The number of aliphatic hydroxyl groups excluding tert-OH is 2. The standard InChI is InChI=1S/C23H24ClFN2O4.Na/c1-13(2)22-18(8-7-16(28)11-17(29)12-21(30)31)23(14-3-5-15(25)6-4-14)26-27-19(22)9-10-20(27)24;/h3-10,13,16-17,28-29H,11-12H2,1-2H3,(H,30,31);/q;+1/p-1/b8-7+;/t16-,17-;/m1./s1. The minimum absolute atomic E-state index is 0. The van der Waals surface area contributed by atoms with Gasteiger partial charge in [0.25, 0.3) is 0 Å². The molecule has 0 aliphatic heterocycles. The number of hydrogen-bond acceptors (Lipinski definition) is 5. The molecule has 0 spiro atoms. The zero-order chi connectivity index (χ0) is 22.7. The van der Waals surface area contributed by atoms with Crippen LogP contribution in [0.3, 0.4) is 0 Å². The fraction of sp³-hybridized carbons (Fsp3) is 0.304. The number of aromatic nitrogens is 2. The van der Waals surface area contributed by atoms with Crippen molar-refractivity contribution >= 4 is 29.2 Å². The molecule has 0 bridgehead atoms. The number of aliphatic hydroxyl groups is 2. The van der Waals surface area contributed by atoms with Gasteiger partial charge in [0.05, 0.1) is 23.4 Å². The molecule has 0 saturated heterocycles. The van der Waals surface area contributed by atoms with E-state index in [4.69, 9.17) is 11.6 Å². The number of nitrogens with zero attached hydrogens (tertiary/aromatic N) is 2. The van der Waals surface area contributed by atoms with Gasteiger partial charge in [-0.1, -0.05) is 37.6 Å². The molecule has 0 saturated carbocycles. The molecular weight excluding hydrogens is 446 g/mol. The van der Waals surface area contributed by atoms with Crippen molar-refractivity contribution in [3.8, 4) is 11.3 Å². The van der Waals surface area contributed by atoms with Crippen LogP contribution >= 0.6 is 11.6 Å². The molecule has 1 aromatic carbocycles. The van der Waals surface area contributed by atoms with Gasteiger partial charge in [0.2, 0.25) is 0 Å². The normalized spacial score (nSPS) is 13.5. The molecule has 2 N–H and O–H groups in total. The van der Waals surface area contributed by atoms with Crippen LogP contribution in [0.25, 0.3) is 22.9 Å². The van der Waals surface area contributed by atoms with Gasteiger partial charge < -0.3 is 20.1 Å². The van der Waals surface area contributed by atoms with Crippen LogP contribution in [0.4, 0.5) is 4.39 Å². The summed E-state index contributed by atoms with van der Waals surface area (Å²) in [5.41, 5.74) is 3.67. The zero-order valence-corrected chi connectivity index (χ0v) is 20.9. The van der Waals surface area contributed by atoms with E-state index in [2.05, 4.69) is 5.10 Å². The fourth-order valence-electron chi connectivity index (χ4n) is 3.57. The van der Waals surface area contributed by atoms with Crippen LogP contribution in [-0.2, 0) is 4.79 Å². The van der Waals surface area contributed by atoms with Gasteiger partial charge in [-0.25, -0.2) is 8.91 Å². The molecule has 0 unspecified atom stereocenters. The zero-order valence-electron chi connectivity index (χ0n) is 18.1. The van der Waals surface area contributed by atoms with Crippen molar-refractivity contribution in [2.75, 3.05) is 0 Å². The Morgan fingerprint density at radius 3 is 2.47 bits per heavy atom. The van der Waals surface area contributed by atoms with Crippen molar-refractivity contribution in [1.29, 1.82) is 0 Å². The fourth-order valence-corrected chi connectivity index (χ4v) is 3.76. The Bertz CT molecular complexity index is 1120. The molecule has 0 aliphatic rings. The van der Waals surface area contributed by atoms with Gasteiger partial charge >= 0.3 is 29.6 Å². The van der Waals surface area contributed by atoms with E-state index in [9.17, 15) is 24.5 Å². The van der Waals surface area contributed by atoms with E-state index in [0.717, 1.165) is 16.6 Å². The van der Waals surface area contributed by atoms with Crippen molar-refractivity contribution in [2.24, 2.45) is 0 Å². The van der Waals surface area contributed by atoms with Crippen LogP contribution in [-0.4, -0.2) is 38.0 Å². The topological polar surface area (TPSA) is 97.9 Å². The van der Waals surface area contributed by atoms with Crippen LogP contribution in [0.1, 0.15) is 43.7 Å². The van der Waals surface area contributed by atoms with E-state index in [1.165, 1.54) is 18.2 Å². The molecule has 2 heterocycles. The van der Waals surface area contributed by atoms with E-state index < -0.39 is 24.6 Å². The second kappa shape index (κ2) is 11.4. The average molecular weight is 469 g/mol. The molecule has 9 heteroatoms. The largest absolute Gasteiger partial charge is 1.00 e. The number of aliphatic carboxylic acids is 1. The molecule has 32 heavy (non-hydrogen) atoms. The smallest absolute Gasteiger partial charge is 0.550 e. The van der Waals surface area contributed by atoms with Gasteiger partial charge in [0.1, 0.15) is 11.0 Å². The quantitative estimate of drug-likeness (QED) is 0.460. The van der Waals surface area contributed by atoms with Gasteiger partial charge in [-0.15, -0.1) is 0 Å². The molecule has 3 aromatic rings. The number of benzene rings is 1. The molecule has 0 aliphatic carbocycles. The summed E-state index contributed by atoms with van der Waals surface area (Å²) in [6.07, 6.45) is 0.158. The first-order valence-corrected chi connectivity index (χ1v) is 10.3. The SMILES string of the molecule is CC(C)c1c(/C=C/[C@@H](O)C[C@@H](O)CC(=O)[O-])c(-c2ccc(F)cc2)nn2c(Cl)ccc12.[Na+]. The number of carboxylic acid groups (broad SMARTS) is 1. The minimum atomic E-state index is -1.39. The Balaban J connectivity index is 0.00000363. The van der Waals surface area contributed by atoms with Gasteiger partial charge in [0.15, 0.2) is 0 Å². The molecule has 0 amide bonds. The van der Waals surface area contributed by atoms with Crippen molar-refractivity contribution in [3.05, 3.63) is 64.6 Å². The molecule has 2 aromatic heterocycles. The van der Waals surface area contributed by atoms with Crippen molar-refractivity contribution < 1.29 is 54.1 Å². The third-order valence-electron chi connectivity index (χ3n) is 4.93. The number of halogens is 2. The molecule has 3 rings (SSSR count). The van der Waals surface area contributed by atoms with Crippen LogP contribution in [0.2, 0.25) is 5.15 Å². The van der Waals surface area contributed by atoms with E-state index in [1.807, 2.05) is 19.9 Å². The van der Waals surface area contributed by atoms with E-state index in [1.54, 1.807) is 28.8 Å². The summed E-state index contributed by atoms with van der Waals surface area (Å²) in [6, 6.07) is 9.50. The molecule has 164 valence electrons. The Hall–Kier alpha value is -1.74. The van der Waals surface area contributed by atoms with Crippen molar-refractivity contribution in [1.82, 2.24) is 9.61 Å². The number of carbonyl (C=O) groups is 1. The Labute approximate surface area is 212 Å². The predicted molar refractivity (Wildman–Crippen MR) is 115 cm³/mol. The first kappa shape index (κ1) is 26.5. The maximum Gasteiger partial charge on any atom is 1.00 e. The maximum atomic E-state index is 13.5. The second-order valence-electron chi connectivity index (χ2n) is 7.68. The predicted octanol–water partition coefficient (Wildman–Crippen LogP) is 0.186.